The summed E-state index contributed by atoms with van der Waals surface area (Å²) in [6.07, 6.45) is 3.74. The van der Waals surface area contributed by atoms with Crippen molar-refractivity contribution in [3.05, 3.63) is 91.3 Å². The molecule has 0 unspecified atom stereocenters. The lowest BCUT2D eigenvalue weighted by molar-refractivity contribution is 0.946. The van der Waals surface area contributed by atoms with Gasteiger partial charge < -0.3 is 4.57 Å². The fourth-order valence-electron chi connectivity index (χ4n) is 3.18. The Labute approximate surface area is 142 Å². The van der Waals surface area contributed by atoms with Gasteiger partial charge in [0.15, 0.2) is 0 Å². The van der Waals surface area contributed by atoms with Crippen LogP contribution in [-0.4, -0.2) is 9.55 Å². The SMILES string of the molecule is Cn1c(-c2ccccc2)cc(-c2cccnc2)c1-c1ccccc1. The second-order valence-corrected chi connectivity index (χ2v) is 5.82. The minimum absolute atomic E-state index is 1.13. The van der Waals surface area contributed by atoms with Crippen molar-refractivity contribution >= 4 is 0 Å². The topological polar surface area (TPSA) is 17.8 Å². The number of hydrogen-bond acceptors (Lipinski definition) is 1. The molecule has 2 nitrogen and oxygen atoms in total. The Morgan fingerprint density at radius 2 is 1.33 bits per heavy atom. The van der Waals surface area contributed by atoms with E-state index in [1.165, 1.54) is 28.1 Å². The van der Waals surface area contributed by atoms with E-state index in [0.29, 0.717) is 0 Å². The molecule has 0 radical (unpaired) electrons. The van der Waals surface area contributed by atoms with Gasteiger partial charge in [-0.3, -0.25) is 4.98 Å². The van der Waals surface area contributed by atoms with Gasteiger partial charge in [0.1, 0.15) is 0 Å². The average molecular weight is 310 g/mol. The molecule has 0 bridgehead atoms. The summed E-state index contributed by atoms with van der Waals surface area (Å²) in [6, 6.07) is 27.4. The third-order valence-corrected chi connectivity index (χ3v) is 4.32. The smallest absolute Gasteiger partial charge is 0.0562 e. The van der Waals surface area contributed by atoms with Crippen LogP contribution in [0.1, 0.15) is 0 Å². The van der Waals surface area contributed by atoms with Gasteiger partial charge in [-0.15, -0.1) is 0 Å². The maximum atomic E-state index is 4.30. The number of hydrogen-bond donors (Lipinski definition) is 0. The van der Waals surface area contributed by atoms with Crippen LogP contribution in [0.2, 0.25) is 0 Å². The van der Waals surface area contributed by atoms with Gasteiger partial charge in [0.25, 0.3) is 0 Å². The molecule has 0 atom stereocenters. The summed E-state index contributed by atoms with van der Waals surface area (Å²) in [5, 5.41) is 0. The number of pyridine rings is 1. The van der Waals surface area contributed by atoms with Crippen LogP contribution < -0.4 is 0 Å². The average Bonchev–Trinajstić information content (AvgIpc) is 3.01. The largest absolute Gasteiger partial charge is 0.343 e. The van der Waals surface area contributed by atoms with Gasteiger partial charge in [-0.1, -0.05) is 66.7 Å². The first-order valence-corrected chi connectivity index (χ1v) is 8.05. The molecule has 2 aromatic carbocycles. The molecule has 2 aromatic heterocycles. The van der Waals surface area contributed by atoms with E-state index in [4.69, 9.17) is 0 Å². The van der Waals surface area contributed by atoms with Crippen LogP contribution in [0.4, 0.5) is 0 Å². The summed E-state index contributed by atoms with van der Waals surface area (Å²) in [5.41, 5.74) is 7.17. The highest BCUT2D eigenvalue weighted by atomic mass is 15.0. The van der Waals surface area contributed by atoms with Crippen LogP contribution >= 0.6 is 0 Å². The van der Waals surface area contributed by atoms with Gasteiger partial charge in [-0.05, 0) is 23.3 Å². The molecule has 0 aliphatic heterocycles. The van der Waals surface area contributed by atoms with Gasteiger partial charge in [0.05, 0.1) is 5.69 Å². The molecule has 0 saturated heterocycles. The zero-order valence-corrected chi connectivity index (χ0v) is 13.6. The molecule has 116 valence electrons. The highest BCUT2D eigenvalue weighted by Crippen LogP contribution is 2.37. The Morgan fingerprint density at radius 1 is 0.708 bits per heavy atom. The Balaban J connectivity index is 1.99. The van der Waals surface area contributed by atoms with E-state index >= 15 is 0 Å². The van der Waals surface area contributed by atoms with Crippen LogP contribution in [0.15, 0.2) is 91.3 Å². The summed E-state index contributed by atoms with van der Waals surface area (Å²) in [6.45, 7) is 0. The van der Waals surface area contributed by atoms with Gasteiger partial charge >= 0.3 is 0 Å². The van der Waals surface area contributed by atoms with E-state index in [1.807, 2.05) is 30.6 Å². The Hall–Kier alpha value is -3.13. The van der Waals surface area contributed by atoms with Crippen molar-refractivity contribution in [1.29, 1.82) is 0 Å². The maximum Gasteiger partial charge on any atom is 0.0562 e. The lowest BCUT2D eigenvalue weighted by Gasteiger charge is -2.10. The predicted octanol–water partition coefficient (Wildman–Crippen LogP) is 5.42. The molecule has 0 aliphatic rings. The second kappa shape index (κ2) is 6.17. The lowest BCUT2D eigenvalue weighted by Crippen LogP contribution is -1.95. The predicted molar refractivity (Wildman–Crippen MR) is 99.5 cm³/mol. The second-order valence-electron chi connectivity index (χ2n) is 5.82. The van der Waals surface area contributed by atoms with Crippen LogP contribution in [-0.2, 0) is 7.05 Å². The summed E-state index contributed by atoms with van der Waals surface area (Å²) in [5.74, 6) is 0. The van der Waals surface area contributed by atoms with Crippen molar-refractivity contribution in [2.45, 2.75) is 0 Å². The van der Waals surface area contributed by atoms with Crippen molar-refractivity contribution in [1.82, 2.24) is 9.55 Å². The minimum atomic E-state index is 1.13. The third-order valence-electron chi connectivity index (χ3n) is 4.32. The van der Waals surface area contributed by atoms with E-state index < -0.39 is 0 Å². The van der Waals surface area contributed by atoms with E-state index in [0.717, 1.165) is 5.56 Å². The number of aromatic nitrogens is 2. The third kappa shape index (κ3) is 2.52. The first-order valence-electron chi connectivity index (χ1n) is 8.05. The molecule has 2 heteroatoms. The molecule has 0 amide bonds. The van der Waals surface area contributed by atoms with Gasteiger partial charge in [0, 0.05) is 36.3 Å². The van der Waals surface area contributed by atoms with Crippen molar-refractivity contribution < 1.29 is 0 Å². The number of nitrogens with zero attached hydrogens (tertiary/aromatic N) is 2. The monoisotopic (exact) mass is 310 g/mol. The van der Waals surface area contributed by atoms with E-state index in [1.54, 1.807) is 0 Å². The van der Waals surface area contributed by atoms with Crippen LogP contribution in [0.25, 0.3) is 33.6 Å². The normalized spacial score (nSPS) is 10.7. The first kappa shape index (κ1) is 14.5. The van der Waals surface area contributed by atoms with Crippen molar-refractivity contribution in [3.8, 4) is 33.6 Å². The highest BCUT2D eigenvalue weighted by molar-refractivity contribution is 5.86. The Morgan fingerprint density at radius 3 is 1.96 bits per heavy atom. The van der Waals surface area contributed by atoms with Crippen LogP contribution in [0.5, 0.6) is 0 Å². The molecule has 0 fully saturated rings. The Kier molecular flexibility index (Phi) is 3.72. The molecule has 0 spiro atoms. The Bertz CT molecular complexity index is 939. The molecule has 2 heterocycles. The lowest BCUT2D eigenvalue weighted by atomic mass is 10.0. The fraction of sp³-hybridized carbons (Fsp3) is 0.0455. The van der Waals surface area contributed by atoms with Crippen molar-refractivity contribution in [2.24, 2.45) is 7.05 Å². The maximum absolute atomic E-state index is 4.30. The fourth-order valence-corrected chi connectivity index (χ4v) is 3.18. The molecule has 0 aliphatic carbocycles. The summed E-state index contributed by atoms with van der Waals surface area (Å²) < 4.78 is 2.27. The molecule has 4 rings (SSSR count). The van der Waals surface area contributed by atoms with Crippen LogP contribution in [0.3, 0.4) is 0 Å². The highest BCUT2D eigenvalue weighted by Gasteiger charge is 2.16. The van der Waals surface area contributed by atoms with Crippen LogP contribution in [0, 0.1) is 0 Å². The molecular weight excluding hydrogens is 292 g/mol. The van der Waals surface area contributed by atoms with Gasteiger partial charge in [-0.25, -0.2) is 0 Å². The molecule has 24 heavy (non-hydrogen) atoms. The van der Waals surface area contributed by atoms with E-state index in [-0.39, 0.29) is 0 Å². The van der Waals surface area contributed by atoms with E-state index in [2.05, 4.69) is 77.3 Å². The molecule has 0 N–H and O–H groups in total. The van der Waals surface area contributed by atoms with E-state index in [9.17, 15) is 0 Å². The summed E-state index contributed by atoms with van der Waals surface area (Å²) >= 11 is 0. The summed E-state index contributed by atoms with van der Waals surface area (Å²) in [7, 11) is 2.13. The first-order chi connectivity index (χ1) is 11.8. The zero-order chi connectivity index (χ0) is 16.4. The quantitative estimate of drug-likeness (QED) is 0.494. The van der Waals surface area contributed by atoms with Crippen molar-refractivity contribution in [3.63, 3.8) is 0 Å². The van der Waals surface area contributed by atoms with Crippen molar-refractivity contribution in [2.75, 3.05) is 0 Å². The number of benzene rings is 2. The molecule has 4 aromatic rings. The summed E-state index contributed by atoms with van der Waals surface area (Å²) in [4.78, 5) is 4.30. The number of rotatable bonds is 3. The van der Waals surface area contributed by atoms with Gasteiger partial charge in [0.2, 0.25) is 0 Å². The zero-order valence-electron chi connectivity index (χ0n) is 13.6. The standard InChI is InChI=1S/C22H18N2/c1-24-21(17-9-4-2-5-10-17)15-20(19-13-8-14-23-16-19)22(24)18-11-6-3-7-12-18/h2-16H,1H3. The molecular formula is C22H18N2. The van der Waals surface area contributed by atoms with Gasteiger partial charge in [-0.2, -0.15) is 0 Å². The molecule has 0 saturated carbocycles. The minimum Gasteiger partial charge on any atom is -0.343 e.